The molecular formula is C20H18N2O6. The maximum absolute atomic E-state index is 12.9. The van der Waals surface area contributed by atoms with Crippen LogP contribution in [0, 0.1) is 0 Å². The van der Waals surface area contributed by atoms with Crippen molar-refractivity contribution in [3.05, 3.63) is 53.6 Å². The Labute approximate surface area is 161 Å². The fourth-order valence-electron chi connectivity index (χ4n) is 2.75. The van der Waals surface area contributed by atoms with E-state index in [9.17, 15) is 14.4 Å². The third-order valence-corrected chi connectivity index (χ3v) is 4.13. The molecule has 0 aliphatic carbocycles. The molecule has 1 saturated heterocycles. The molecule has 1 N–H and O–H groups in total. The highest BCUT2D eigenvalue weighted by Crippen LogP contribution is 2.30. The molecule has 3 rings (SSSR count). The van der Waals surface area contributed by atoms with E-state index in [2.05, 4.69) is 5.32 Å². The molecule has 0 atom stereocenters. The number of carbonyl (C=O) groups excluding carboxylic acids is 3. The van der Waals surface area contributed by atoms with Crippen LogP contribution in [-0.4, -0.2) is 39.2 Å². The van der Waals surface area contributed by atoms with Gasteiger partial charge in [-0.15, -0.1) is 0 Å². The van der Waals surface area contributed by atoms with Crippen LogP contribution in [0.1, 0.15) is 5.56 Å². The van der Waals surface area contributed by atoms with Crippen LogP contribution < -0.4 is 24.4 Å². The minimum Gasteiger partial charge on any atom is -0.497 e. The molecule has 0 radical (unpaired) electrons. The molecule has 0 unspecified atom stereocenters. The number of hydrogen-bond donors (Lipinski definition) is 1. The summed E-state index contributed by atoms with van der Waals surface area (Å²) in [6.07, 6.45) is 1.39. The van der Waals surface area contributed by atoms with E-state index in [1.165, 1.54) is 33.5 Å². The monoisotopic (exact) mass is 382 g/mol. The predicted molar refractivity (Wildman–Crippen MR) is 102 cm³/mol. The minimum atomic E-state index is -0.826. The molecule has 4 amide bonds. The molecule has 8 heteroatoms. The van der Waals surface area contributed by atoms with Gasteiger partial charge in [0.1, 0.15) is 11.3 Å². The van der Waals surface area contributed by atoms with Crippen molar-refractivity contribution in [1.82, 2.24) is 5.32 Å². The number of rotatable bonds is 5. The van der Waals surface area contributed by atoms with Crippen molar-refractivity contribution in [2.24, 2.45) is 0 Å². The highest BCUT2D eigenvalue weighted by atomic mass is 16.5. The summed E-state index contributed by atoms with van der Waals surface area (Å²) in [5, 5.41) is 2.18. The summed E-state index contributed by atoms with van der Waals surface area (Å²) in [5.74, 6) is -0.0837. The maximum atomic E-state index is 12.9. The van der Waals surface area contributed by atoms with Gasteiger partial charge in [-0.3, -0.25) is 14.9 Å². The lowest BCUT2D eigenvalue weighted by Gasteiger charge is -2.26. The first-order valence-corrected chi connectivity index (χ1v) is 8.26. The van der Waals surface area contributed by atoms with Crippen molar-refractivity contribution in [3.8, 4) is 17.2 Å². The fourth-order valence-corrected chi connectivity index (χ4v) is 2.75. The highest BCUT2D eigenvalue weighted by molar-refractivity contribution is 6.39. The molecule has 144 valence electrons. The number of ether oxygens (including phenoxy) is 3. The van der Waals surface area contributed by atoms with E-state index in [0.29, 0.717) is 22.8 Å². The second kappa shape index (κ2) is 7.83. The number of urea groups is 1. The van der Waals surface area contributed by atoms with E-state index in [1.54, 1.807) is 36.4 Å². The number of anilines is 1. The van der Waals surface area contributed by atoms with Gasteiger partial charge in [0.2, 0.25) is 0 Å². The lowest BCUT2D eigenvalue weighted by atomic mass is 10.1. The van der Waals surface area contributed by atoms with E-state index < -0.39 is 17.8 Å². The van der Waals surface area contributed by atoms with Gasteiger partial charge in [-0.1, -0.05) is 12.1 Å². The quantitative estimate of drug-likeness (QED) is 0.630. The van der Waals surface area contributed by atoms with Crippen LogP contribution in [0.15, 0.2) is 48.0 Å². The number of nitrogens with one attached hydrogen (secondary N) is 1. The Morgan fingerprint density at radius 3 is 2.32 bits per heavy atom. The molecular weight excluding hydrogens is 364 g/mol. The van der Waals surface area contributed by atoms with Gasteiger partial charge in [-0.05, 0) is 35.9 Å². The van der Waals surface area contributed by atoms with Crippen LogP contribution >= 0.6 is 0 Å². The number of barbiturate groups is 1. The topological polar surface area (TPSA) is 94.2 Å². The van der Waals surface area contributed by atoms with Gasteiger partial charge < -0.3 is 14.2 Å². The zero-order valence-corrected chi connectivity index (χ0v) is 15.5. The van der Waals surface area contributed by atoms with Gasteiger partial charge in [0.05, 0.1) is 27.0 Å². The van der Waals surface area contributed by atoms with Crippen LogP contribution in [0.25, 0.3) is 6.08 Å². The van der Waals surface area contributed by atoms with E-state index in [1.807, 2.05) is 0 Å². The van der Waals surface area contributed by atoms with E-state index >= 15 is 0 Å². The first-order valence-electron chi connectivity index (χ1n) is 8.26. The number of benzene rings is 2. The summed E-state index contributed by atoms with van der Waals surface area (Å²) < 4.78 is 15.5. The number of carbonyl (C=O) groups is 3. The first kappa shape index (κ1) is 19.0. The summed E-state index contributed by atoms with van der Waals surface area (Å²) in [4.78, 5) is 38.3. The van der Waals surface area contributed by atoms with E-state index in [0.717, 1.165) is 4.90 Å². The van der Waals surface area contributed by atoms with Gasteiger partial charge in [0, 0.05) is 6.07 Å². The molecule has 0 spiro atoms. The lowest BCUT2D eigenvalue weighted by molar-refractivity contribution is -0.122. The van der Waals surface area contributed by atoms with Gasteiger partial charge in [0.25, 0.3) is 11.8 Å². The van der Waals surface area contributed by atoms with Crippen LogP contribution in [0.2, 0.25) is 0 Å². The first-order chi connectivity index (χ1) is 13.5. The van der Waals surface area contributed by atoms with Crippen molar-refractivity contribution in [1.29, 1.82) is 0 Å². The average Bonchev–Trinajstić information content (AvgIpc) is 2.71. The van der Waals surface area contributed by atoms with Gasteiger partial charge in [-0.2, -0.15) is 0 Å². The summed E-state index contributed by atoms with van der Waals surface area (Å²) in [5.41, 5.74) is 0.637. The molecule has 28 heavy (non-hydrogen) atoms. The zero-order chi connectivity index (χ0) is 20.3. The average molecular weight is 382 g/mol. The van der Waals surface area contributed by atoms with Crippen molar-refractivity contribution in [3.63, 3.8) is 0 Å². The Morgan fingerprint density at radius 2 is 1.64 bits per heavy atom. The molecule has 1 heterocycles. The second-order valence-corrected chi connectivity index (χ2v) is 5.77. The Bertz CT molecular complexity index is 982. The third-order valence-electron chi connectivity index (χ3n) is 4.13. The van der Waals surface area contributed by atoms with Crippen molar-refractivity contribution in [2.45, 2.75) is 0 Å². The van der Waals surface area contributed by atoms with Crippen molar-refractivity contribution in [2.75, 3.05) is 26.2 Å². The number of amides is 4. The molecule has 8 nitrogen and oxygen atoms in total. The molecule has 2 aromatic carbocycles. The predicted octanol–water partition coefficient (Wildman–Crippen LogP) is 2.38. The Hall–Kier alpha value is -3.81. The van der Waals surface area contributed by atoms with Crippen LogP contribution in [-0.2, 0) is 9.59 Å². The van der Waals surface area contributed by atoms with Crippen LogP contribution in [0.3, 0.4) is 0 Å². The maximum Gasteiger partial charge on any atom is 0.335 e. The normalized spacial score (nSPS) is 15.5. The summed E-state index contributed by atoms with van der Waals surface area (Å²) in [6, 6.07) is 10.5. The summed E-state index contributed by atoms with van der Waals surface area (Å²) in [6.45, 7) is 0. The van der Waals surface area contributed by atoms with Crippen molar-refractivity contribution < 1.29 is 28.6 Å². The van der Waals surface area contributed by atoms with Crippen LogP contribution in [0.5, 0.6) is 17.2 Å². The van der Waals surface area contributed by atoms with Crippen molar-refractivity contribution >= 4 is 29.6 Å². The fraction of sp³-hybridized carbons (Fsp3) is 0.150. The van der Waals surface area contributed by atoms with Gasteiger partial charge >= 0.3 is 6.03 Å². The molecule has 2 aromatic rings. The summed E-state index contributed by atoms with van der Waals surface area (Å²) >= 11 is 0. The smallest absolute Gasteiger partial charge is 0.335 e. The molecule has 1 aliphatic rings. The Kier molecular flexibility index (Phi) is 5.30. The Morgan fingerprint density at radius 1 is 0.893 bits per heavy atom. The van der Waals surface area contributed by atoms with Gasteiger partial charge in [0.15, 0.2) is 11.5 Å². The SMILES string of the molecule is COc1cccc(N2C(=O)NC(=O)C(=Cc3ccc(OC)c(OC)c3)C2=O)c1. The molecule has 0 bridgehead atoms. The second-order valence-electron chi connectivity index (χ2n) is 5.77. The lowest BCUT2D eigenvalue weighted by Crippen LogP contribution is -2.54. The molecule has 0 aromatic heterocycles. The summed E-state index contributed by atoms with van der Waals surface area (Å²) in [7, 11) is 4.46. The number of nitrogens with zero attached hydrogens (tertiary/aromatic N) is 1. The standard InChI is InChI=1S/C20H18N2O6/c1-26-14-6-4-5-13(11-14)22-19(24)15(18(23)21-20(22)25)9-12-7-8-16(27-2)17(10-12)28-3/h4-11H,1-3H3,(H,21,23,25). The Balaban J connectivity index is 2.01. The minimum absolute atomic E-state index is 0.186. The highest BCUT2D eigenvalue weighted by Gasteiger charge is 2.37. The van der Waals surface area contributed by atoms with E-state index in [4.69, 9.17) is 14.2 Å². The molecule has 1 aliphatic heterocycles. The zero-order valence-electron chi connectivity index (χ0n) is 15.5. The largest absolute Gasteiger partial charge is 0.497 e. The van der Waals surface area contributed by atoms with Gasteiger partial charge in [-0.25, -0.2) is 9.69 Å². The van der Waals surface area contributed by atoms with Crippen LogP contribution in [0.4, 0.5) is 10.5 Å². The number of methoxy groups -OCH3 is 3. The molecule has 1 fully saturated rings. The molecule has 0 saturated carbocycles. The number of imide groups is 2. The number of hydrogen-bond acceptors (Lipinski definition) is 6. The third kappa shape index (κ3) is 3.52. The van der Waals surface area contributed by atoms with E-state index in [-0.39, 0.29) is 11.3 Å².